The first-order valence-electron chi connectivity index (χ1n) is 10.4. The van der Waals surface area contributed by atoms with E-state index in [1.54, 1.807) is 32.9 Å². The van der Waals surface area contributed by atoms with Crippen LogP contribution in [-0.2, 0) is 14.4 Å². The largest absolute Gasteiger partial charge is 0.444 e. The monoisotopic (exact) mass is 445 g/mol. The summed E-state index contributed by atoms with van der Waals surface area (Å²) in [7, 11) is 1.73. The molecule has 174 valence electrons. The van der Waals surface area contributed by atoms with Gasteiger partial charge >= 0.3 is 6.09 Å². The van der Waals surface area contributed by atoms with Crippen LogP contribution in [0.15, 0.2) is 18.1 Å². The van der Waals surface area contributed by atoms with Crippen LogP contribution in [-0.4, -0.2) is 90.0 Å². The quantitative estimate of drug-likeness (QED) is 0.457. The first kappa shape index (κ1) is 25.1. The number of amides is 1. The van der Waals surface area contributed by atoms with E-state index in [9.17, 15) is 9.59 Å². The Morgan fingerprint density at radius 3 is 2.44 bits per heavy atom. The molecule has 1 aromatic heterocycles. The Kier molecular flexibility index (Phi) is 8.96. The molecule has 0 aliphatic carbocycles. The van der Waals surface area contributed by atoms with Gasteiger partial charge in [0, 0.05) is 45.8 Å². The molecule has 1 N–H and O–H groups in total. The number of hydrogen-bond acceptors (Lipinski definition) is 10. The molecular formula is C21H31N7O4. The van der Waals surface area contributed by atoms with Crippen molar-refractivity contribution < 1.29 is 19.2 Å². The van der Waals surface area contributed by atoms with Gasteiger partial charge in [0.15, 0.2) is 0 Å². The fourth-order valence-corrected chi connectivity index (χ4v) is 3.07. The van der Waals surface area contributed by atoms with Crippen LogP contribution in [0, 0.1) is 11.3 Å². The third-order valence-electron chi connectivity index (χ3n) is 4.55. The predicted octanol–water partition coefficient (Wildman–Crippen LogP) is 0.962. The van der Waals surface area contributed by atoms with Gasteiger partial charge in [0.1, 0.15) is 29.9 Å². The van der Waals surface area contributed by atoms with Crippen molar-refractivity contribution in [1.82, 2.24) is 25.2 Å². The zero-order valence-electron chi connectivity index (χ0n) is 19.3. The van der Waals surface area contributed by atoms with Gasteiger partial charge in [-0.05, 0) is 27.7 Å². The van der Waals surface area contributed by atoms with E-state index in [0.717, 1.165) is 0 Å². The van der Waals surface area contributed by atoms with Gasteiger partial charge in [-0.2, -0.15) is 10.3 Å². The maximum Gasteiger partial charge on any atom is 0.407 e. The second kappa shape index (κ2) is 11.4. The summed E-state index contributed by atoms with van der Waals surface area (Å²) in [6.07, 6.45) is 2.50. The highest BCUT2D eigenvalue weighted by molar-refractivity contribution is 5.68. The van der Waals surface area contributed by atoms with E-state index in [-0.39, 0.29) is 12.6 Å². The Morgan fingerprint density at radius 2 is 1.91 bits per heavy atom. The van der Waals surface area contributed by atoms with Crippen molar-refractivity contribution in [2.24, 2.45) is 0 Å². The van der Waals surface area contributed by atoms with Crippen molar-refractivity contribution in [3.63, 3.8) is 0 Å². The van der Waals surface area contributed by atoms with Gasteiger partial charge in [0.2, 0.25) is 5.95 Å². The van der Waals surface area contributed by atoms with Gasteiger partial charge in [-0.15, -0.1) is 0 Å². The van der Waals surface area contributed by atoms with Crippen molar-refractivity contribution in [2.75, 3.05) is 51.3 Å². The third kappa shape index (κ3) is 8.15. The molecule has 2 rings (SSSR count). The molecule has 1 fully saturated rings. The molecule has 1 saturated heterocycles. The second-order valence-corrected chi connectivity index (χ2v) is 8.54. The van der Waals surface area contributed by atoms with Crippen molar-refractivity contribution in [2.45, 2.75) is 39.3 Å². The fraction of sp³-hybridized carbons (Fsp3) is 0.619. The van der Waals surface area contributed by atoms with Gasteiger partial charge in [0.05, 0.1) is 18.0 Å². The van der Waals surface area contributed by atoms with Crippen LogP contribution in [0.4, 0.5) is 10.7 Å². The van der Waals surface area contributed by atoms with Gasteiger partial charge in [-0.1, -0.05) is 0 Å². The van der Waals surface area contributed by atoms with E-state index in [4.69, 9.17) is 14.8 Å². The van der Waals surface area contributed by atoms with Crippen LogP contribution >= 0.6 is 0 Å². The standard InChI is InChI=1S/C21H31N7O4/c1-16(25-20(30)32-21(2,3)4)13-26(5)31-15-18(14-29)27-6-8-28(9-7-27)19-23-11-17(10-22)12-24-19/h11-12,16H,6-9,13,15H2,1-5H3,(H,25,30)/t16-/m0/s1. The summed E-state index contributed by atoms with van der Waals surface area (Å²) in [5.41, 5.74) is 0.270. The molecular weight excluding hydrogens is 414 g/mol. The molecule has 0 unspecified atom stereocenters. The Hall–Kier alpha value is -3.19. The summed E-state index contributed by atoms with van der Waals surface area (Å²) < 4.78 is 5.24. The number of carbonyl (C=O) groups excluding carboxylic acids is 2. The predicted molar refractivity (Wildman–Crippen MR) is 117 cm³/mol. The minimum Gasteiger partial charge on any atom is -0.444 e. The van der Waals surface area contributed by atoms with Gasteiger partial charge in [0.25, 0.3) is 0 Å². The topological polar surface area (TPSA) is 124 Å². The number of nitrogens with one attached hydrogen (secondary N) is 1. The zero-order valence-corrected chi connectivity index (χ0v) is 19.3. The maximum absolute atomic E-state index is 11.8. The number of rotatable bonds is 8. The number of anilines is 1. The van der Waals surface area contributed by atoms with Crippen molar-refractivity contribution in [3.8, 4) is 6.07 Å². The lowest BCUT2D eigenvalue weighted by Gasteiger charge is -2.36. The Morgan fingerprint density at radius 1 is 1.28 bits per heavy atom. The summed E-state index contributed by atoms with van der Waals surface area (Å²) in [5, 5.41) is 13.2. The molecule has 11 nitrogen and oxygen atoms in total. The molecule has 0 bridgehead atoms. The highest BCUT2D eigenvalue weighted by atomic mass is 16.7. The van der Waals surface area contributed by atoms with E-state index in [1.165, 1.54) is 12.4 Å². The number of nitriles is 1. The summed E-state index contributed by atoms with van der Waals surface area (Å²) in [6, 6.07) is 1.78. The molecule has 0 saturated carbocycles. The molecule has 1 aliphatic rings. The first-order chi connectivity index (χ1) is 15.1. The smallest absolute Gasteiger partial charge is 0.407 e. The van der Waals surface area contributed by atoms with Crippen LogP contribution in [0.2, 0.25) is 0 Å². The lowest BCUT2D eigenvalue weighted by Crippen LogP contribution is -2.47. The Bertz CT molecular complexity index is 848. The van der Waals surface area contributed by atoms with Crippen LogP contribution in [0.25, 0.3) is 0 Å². The van der Waals surface area contributed by atoms with Crippen LogP contribution in [0.1, 0.15) is 33.3 Å². The number of ether oxygens (including phenoxy) is 1. The highest BCUT2D eigenvalue weighted by Crippen LogP contribution is 2.14. The molecule has 1 aliphatic heterocycles. The molecule has 32 heavy (non-hydrogen) atoms. The number of carbonyl (C=O) groups is 1. The van der Waals surface area contributed by atoms with Crippen molar-refractivity contribution in [1.29, 1.82) is 5.26 Å². The summed E-state index contributed by atoms with van der Waals surface area (Å²) in [5.74, 6) is 2.53. The molecule has 0 radical (unpaired) electrons. The van der Waals surface area contributed by atoms with Crippen LogP contribution in [0.3, 0.4) is 0 Å². The average molecular weight is 446 g/mol. The molecule has 0 spiro atoms. The van der Waals surface area contributed by atoms with Crippen molar-refractivity contribution >= 4 is 18.0 Å². The normalized spacial score (nSPS) is 15.0. The number of alkyl carbamates (subject to hydrolysis) is 1. The zero-order chi connectivity index (χ0) is 23.7. The number of piperazine rings is 1. The minimum absolute atomic E-state index is 0.0759. The molecule has 1 amide bonds. The number of nitrogens with zero attached hydrogens (tertiary/aromatic N) is 6. The average Bonchev–Trinajstić information content (AvgIpc) is 2.73. The van der Waals surface area contributed by atoms with Gasteiger partial charge in [-0.3, -0.25) is 4.84 Å². The summed E-state index contributed by atoms with van der Waals surface area (Å²) >= 11 is 0. The van der Waals surface area contributed by atoms with E-state index >= 15 is 0 Å². The number of hydroxylamine groups is 2. The molecule has 11 heteroatoms. The van der Waals surface area contributed by atoms with Gasteiger partial charge < -0.3 is 19.9 Å². The summed E-state index contributed by atoms with van der Waals surface area (Å²) in [4.78, 5) is 41.3. The van der Waals surface area contributed by atoms with E-state index in [1.807, 2.05) is 28.7 Å². The third-order valence-corrected chi connectivity index (χ3v) is 4.55. The van der Waals surface area contributed by atoms with Crippen LogP contribution < -0.4 is 10.2 Å². The number of hydrogen-bond donors (Lipinski definition) is 1. The first-order valence-corrected chi connectivity index (χ1v) is 10.4. The lowest BCUT2D eigenvalue weighted by molar-refractivity contribution is -0.137. The molecule has 1 aromatic rings. The van der Waals surface area contributed by atoms with E-state index < -0.39 is 11.7 Å². The molecule has 0 aromatic carbocycles. The van der Waals surface area contributed by atoms with Gasteiger partial charge in [-0.25, -0.2) is 19.6 Å². The highest BCUT2D eigenvalue weighted by Gasteiger charge is 2.22. The Balaban J connectivity index is 1.76. The Labute approximate surface area is 188 Å². The second-order valence-electron chi connectivity index (χ2n) is 8.54. The number of aromatic nitrogens is 2. The molecule has 2 heterocycles. The van der Waals surface area contributed by atoms with E-state index in [2.05, 4.69) is 15.3 Å². The molecule has 1 atom stereocenters. The fourth-order valence-electron chi connectivity index (χ4n) is 3.07. The maximum atomic E-state index is 11.8. The minimum atomic E-state index is -0.563. The number of likely N-dealkylation sites (N-methyl/N-ethyl adjacent to an activating group) is 1. The summed E-state index contributed by atoms with van der Waals surface area (Å²) in [6.45, 7) is 10.2. The van der Waals surface area contributed by atoms with Crippen molar-refractivity contribution in [3.05, 3.63) is 23.7 Å². The lowest BCUT2D eigenvalue weighted by atomic mass is 10.2. The van der Waals surface area contributed by atoms with Crippen LogP contribution in [0.5, 0.6) is 0 Å². The van der Waals surface area contributed by atoms with E-state index in [0.29, 0.717) is 49.9 Å². The SMILES string of the molecule is C[C@@H](CN(C)OCC(=C=O)N1CCN(c2ncc(C#N)cn2)CC1)NC(=O)OC(C)(C)C.